The fraction of sp³-hybridized carbons (Fsp3) is 1.00. The van der Waals surface area contributed by atoms with Crippen molar-refractivity contribution in [2.45, 2.75) is 77.4 Å². The Bertz CT molecular complexity index is 332. The van der Waals surface area contributed by atoms with Gasteiger partial charge in [-0.25, -0.2) is 0 Å². The first-order valence-corrected chi connectivity index (χ1v) is 9.11. The lowest BCUT2D eigenvalue weighted by Crippen LogP contribution is -2.65. The van der Waals surface area contributed by atoms with Gasteiger partial charge in [0.25, 0.3) is 0 Å². The molecular weight excluding hydrogens is 262 g/mol. The molecule has 122 valence electrons. The first-order chi connectivity index (χ1) is 10.2. The molecule has 3 nitrogen and oxygen atoms in total. The summed E-state index contributed by atoms with van der Waals surface area (Å²) in [6.07, 6.45) is 11.1. The predicted molar refractivity (Wildman–Crippen MR) is 85.5 cm³/mol. The van der Waals surface area contributed by atoms with Crippen molar-refractivity contribution in [3.63, 3.8) is 0 Å². The maximum absolute atomic E-state index is 6.06. The highest BCUT2D eigenvalue weighted by atomic mass is 16.5. The van der Waals surface area contributed by atoms with E-state index in [4.69, 9.17) is 9.47 Å². The molecule has 1 heterocycles. The van der Waals surface area contributed by atoms with Crippen LogP contribution < -0.4 is 5.32 Å². The molecule has 0 amide bonds. The van der Waals surface area contributed by atoms with Crippen LogP contribution in [0.4, 0.5) is 0 Å². The number of rotatable bonds is 5. The molecule has 2 aliphatic carbocycles. The molecule has 0 aromatic carbocycles. The molecular formula is C18H33NO2. The van der Waals surface area contributed by atoms with Gasteiger partial charge >= 0.3 is 0 Å². The van der Waals surface area contributed by atoms with Crippen molar-refractivity contribution in [2.24, 2.45) is 10.8 Å². The van der Waals surface area contributed by atoms with Crippen molar-refractivity contribution in [2.75, 3.05) is 26.4 Å². The Labute approximate surface area is 130 Å². The van der Waals surface area contributed by atoms with Crippen LogP contribution >= 0.6 is 0 Å². The van der Waals surface area contributed by atoms with Crippen LogP contribution in [0.1, 0.15) is 65.2 Å². The Balaban J connectivity index is 1.57. The van der Waals surface area contributed by atoms with Crippen LogP contribution in [-0.2, 0) is 9.47 Å². The van der Waals surface area contributed by atoms with E-state index >= 15 is 0 Å². The van der Waals surface area contributed by atoms with E-state index in [0.29, 0.717) is 23.0 Å². The van der Waals surface area contributed by atoms with E-state index in [2.05, 4.69) is 19.2 Å². The van der Waals surface area contributed by atoms with Gasteiger partial charge in [-0.2, -0.15) is 0 Å². The van der Waals surface area contributed by atoms with Crippen LogP contribution in [0.25, 0.3) is 0 Å². The second kappa shape index (κ2) is 6.55. The minimum absolute atomic E-state index is 0.435. The Kier molecular flexibility index (Phi) is 4.92. The van der Waals surface area contributed by atoms with Gasteiger partial charge in [-0.3, -0.25) is 0 Å². The van der Waals surface area contributed by atoms with Crippen LogP contribution in [-0.4, -0.2) is 38.5 Å². The highest BCUT2D eigenvalue weighted by molar-refractivity contribution is 5.09. The lowest BCUT2D eigenvalue weighted by atomic mass is 9.55. The molecule has 3 fully saturated rings. The zero-order valence-corrected chi connectivity index (χ0v) is 14.0. The molecule has 0 aromatic rings. The fourth-order valence-corrected chi connectivity index (χ4v) is 4.76. The van der Waals surface area contributed by atoms with Gasteiger partial charge in [-0.15, -0.1) is 0 Å². The molecule has 1 aliphatic heterocycles. The third-order valence-corrected chi connectivity index (χ3v) is 6.41. The zero-order valence-electron chi connectivity index (χ0n) is 14.0. The molecule has 1 saturated heterocycles. The normalized spacial score (nSPS) is 34.6. The minimum Gasteiger partial charge on any atom is -0.381 e. The standard InChI is InChI=1S/C18H33NO2/c1-3-21-16-13-15(18(16)7-5-4-6-8-18)19-14-17(2)9-11-20-12-10-17/h15-16,19H,3-14H2,1-2H3. The molecule has 0 bridgehead atoms. The summed E-state index contributed by atoms with van der Waals surface area (Å²) in [6.45, 7) is 8.47. The van der Waals surface area contributed by atoms with E-state index < -0.39 is 0 Å². The first-order valence-electron chi connectivity index (χ1n) is 9.11. The van der Waals surface area contributed by atoms with Crippen molar-refractivity contribution in [1.29, 1.82) is 0 Å². The molecule has 1 N–H and O–H groups in total. The Morgan fingerprint density at radius 2 is 1.81 bits per heavy atom. The Morgan fingerprint density at radius 1 is 1.10 bits per heavy atom. The van der Waals surface area contributed by atoms with Gasteiger partial charge in [0, 0.05) is 37.8 Å². The largest absolute Gasteiger partial charge is 0.381 e. The van der Waals surface area contributed by atoms with Crippen molar-refractivity contribution < 1.29 is 9.47 Å². The average molecular weight is 295 g/mol. The Hall–Kier alpha value is -0.120. The van der Waals surface area contributed by atoms with Crippen molar-refractivity contribution in [1.82, 2.24) is 5.32 Å². The zero-order chi connectivity index (χ0) is 14.8. The molecule has 3 heteroatoms. The van der Waals surface area contributed by atoms with Gasteiger partial charge in [0.1, 0.15) is 0 Å². The number of nitrogens with one attached hydrogen (secondary N) is 1. The smallest absolute Gasteiger partial charge is 0.0661 e. The topological polar surface area (TPSA) is 30.5 Å². The van der Waals surface area contributed by atoms with Gasteiger partial charge in [-0.05, 0) is 44.4 Å². The van der Waals surface area contributed by atoms with Gasteiger partial charge in [0.2, 0.25) is 0 Å². The number of ether oxygens (including phenoxy) is 2. The van der Waals surface area contributed by atoms with Crippen LogP contribution in [0.5, 0.6) is 0 Å². The van der Waals surface area contributed by atoms with E-state index in [-0.39, 0.29) is 0 Å². The third kappa shape index (κ3) is 3.16. The summed E-state index contributed by atoms with van der Waals surface area (Å²) >= 11 is 0. The maximum Gasteiger partial charge on any atom is 0.0661 e. The monoisotopic (exact) mass is 295 g/mol. The van der Waals surface area contributed by atoms with Gasteiger partial charge < -0.3 is 14.8 Å². The third-order valence-electron chi connectivity index (χ3n) is 6.41. The average Bonchev–Trinajstić information content (AvgIpc) is 2.51. The summed E-state index contributed by atoms with van der Waals surface area (Å²) in [5.41, 5.74) is 0.889. The van der Waals surface area contributed by atoms with Crippen LogP contribution in [0.2, 0.25) is 0 Å². The molecule has 0 aromatic heterocycles. The van der Waals surface area contributed by atoms with E-state index in [9.17, 15) is 0 Å². The molecule has 2 unspecified atom stereocenters. The first kappa shape index (κ1) is 15.8. The van der Waals surface area contributed by atoms with E-state index in [1.165, 1.54) is 51.4 Å². The second-order valence-electron chi connectivity index (χ2n) is 7.83. The lowest BCUT2D eigenvalue weighted by Gasteiger charge is -2.58. The van der Waals surface area contributed by atoms with E-state index in [0.717, 1.165) is 26.4 Å². The lowest BCUT2D eigenvalue weighted by molar-refractivity contribution is -0.152. The quantitative estimate of drug-likeness (QED) is 0.842. The van der Waals surface area contributed by atoms with Crippen LogP contribution in [0, 0.1) is 10.8 Å². The van der Waals surface area contributed by atoms with Crippen molar-refractivity contribution in [3.8, 4) is 0 Å². The van der Waals surface area contributed by atoms with Gasteiger partial charge in [0.05, 0.1) is 6.10 Å². The van der Waals surface area contributed by atoms with E-state index in [1.807, 2.05) is 0 Å². The SMILES string of the molecule is CCOC1CC(NCC2(C)CCOCC2)C12CCCCC2. The molecule has 21 heavy (non-hydrogen) atoms. The molecule has 1 spiro atoms. The summed E-state index contributed by atoms with van der Waals surface area (Å²) in [6, 6.07) is 0.689. The summed E-state index contributed by atoms with van der Waals surface area (Å²) in [4.78, 5) is 0. The maximum atomic E-state index is 6.06. The minimum atomic E-state index is 0.435. The van der Waals surface area contributed by atoms with Crippen LogP contribution in [0.15, 0.2) is 0 Å². The molecule has 3 aliphatic rings. The van der Waals surface area contributed by atoms with Crippen molar-refractivity contribution in [3.05, 3.63) is 0 Å². The highest BCUT2D eigenvalue weighted by Gasteiger charge is 2.55. The van der Waals surface area contributed by atoms with Crippen LogP contribution in [0.3, 0.4) is 0 Å². The number of hydrogen-bond acceptors (Lipinski definition) is 3. The number of hydrogen-bond donors (Lipinski definition) is 1. The van der Waals surface area contributed by atoms with Crippen molar-refractivity contribution >= 4 is 0 Å². The molecule has 0 radical (unpaired) electrons. The van der Waals surface area contributed by atoms with E-state index in [1.54, 1.807) is 0 Å². The molecule has 2 atom stereocenters. The molecule has 3 rings (SSSR count). The summed E-state index contributed by atoms with van der Waals surface area (Å²) in [5, 5.41) is 3.94. The second-order valence-corrected chi connectivity index (χ2v) is 7.83. The highest BCUT2D eigenvalue weighted by Crippen LogP contribution is 2.53. The predicted octanol–water partition coefficient (Wildman–Crippen LogP) is 3.52. The fourth-order valence-electron chi connectivity index (χ4n) is 4.76. The summed E-state index contributed by atoms with van der Waals surface area (Å²) in [5.74, 6) is 0. The Morgan fingerprint density at radius 3 is 2.48 bits per heavy atom. The molecule has 2 saturated carbocycles. The van der Waals surface area contributed by atoms with Gasteiger partial charge in [0.15, 0.2) is 0 Å². The summed E-state index contributed by atoms with van der Waals surface area (Å²) in [7, 11) is 0. The van der Waals surface area contributed by atoms with Gasteiger partial charge in [-0.1, -0.05) is 26.2 Å². The summed E-state index contributed by atoms with van der Waals surface area (Å²) < 4.78 is 11.6.